The second kappa shape index (κ2) is 8.29. The Morgan fingerprint density at radius 1 is 0.450 bits per heavy atom. The van der Waals surface area contributed by atoms with Crippen molar-refractivity contribution in [3.05, 3.63) is 134 Å². The zero-order chi connectivity index (χ0) is 26.2. The van der Waals surface area contributed by atoms with E-state index in [0.717, 1.165) is 16.5 Å². The molecule has 2 heteroatoms. The van der Waals surface area contributed by atoms with Crippen LogP contribution in [0.3, 0.4) is 0 Å². The Balaban J connectivity index is 1.39. The number of hydrogen-bond donors (Lipinski definition) is 0. The Labute approximate surface area is 234 Å². The third kappa shape index (κ3) is 3.03. The van der Waals surface area contributed by atoms with Gasteiger partial charge in [0.05, 0.1) is 11.0 Å². The van der Waals surface area contributed by atoms with Gasteiger partial charge in [0.25, 0.3) is 0 Å². The van der Waals surface area contributed by atoms with Crippen molar-refractivity contribution >= 4 is 74.8 Å². The van der Waals surface area contributed by atoms with Gasteiger partial charge in [0.2, 0.25) is 0 Å². The second-order valence-electron chi connectivity index (χ2n) is 10.5. The molecule has 0 bridgehead atoms. The van der Waals surface area contributed by atoms with E-state index in [9.17, 15) is 0 Å². The highest BCUT2D eigenvalue weighted by Gasteiger charge is 2.21. The van der Waals surface area contributed by atoms with E-state index in [1.807, 2.05) is 17.6 Å². The number of furan rings is 1. The predicted octanol–water partition coefficient (Wildman–Crippen LogP) is 11.6. The topological polar surface area (TPSA) is 13.1 Å². The minimum absolute atomic E-state index is 0.973. The summed E-state index contributed by atoms with van der Waals surface area (Å²) < 4.78 is 8.92. The fourth-order valence-electron chi connectivity index (χ4n) is 6.54. The van der Waals surface area contributed by atoms with E-state index in [1.54, 1.807) is 0 Å². The molecule has 0 aliphatic carbocycles. The van der Waals surface area contributed by atoms with E-state index in [4.69, 9.17) is 4.42 Å². The molecule has 0 N–H and O–H groups in total. The molecule has 0 aliphatic heterocycles. The first kappa shape index (κ1) is 22.0. The summed E-state index contributed by atoms with van der Waals surface area (Å²) in [6.07, 6.45) is 1.97. The SMILES string of the molecule is c1ccc2cc(-c3c4ccccc4c(-c4coc5c4ccc4c6ccccc6sc45)c4ccccc34)ccc2c1. The molecule has 0 atom stereocenters. The highest BCUT2D eigenvalue weighted by Crippen LogP contribution is 2.48. The molecule has 2 heterocycles. The van der Waals surface area contributed by atoms with Crippen LogP contribution in [-0.2, 0) is 0 Å². The van der Waals surface area contributed by atoms with Gasteiger partial charge in [0.15, 0.2) is 5.58 Å². The summed E-state index contributed by atoms with van der Waals surface area (Å²) in [5.41, 5.74) is 5.87. The molecule has 0 spiro atoms. The molecule has 0 unspecified atom stereocenters. The molecule has 7 aromatic carbocycles. The molecule has 40 heavy (non-hydrogen) atoms. The molecular formula is C38H22OS. The molecule has 0 saturated heterocycles. The quantitative estimate of drug-likeness (QED) is 0.204. The molecule has 0 aliphatic rings. The smallest absolute Gasteiger partial charge is 0.152 e. The Bertz CT molecular complexity index is 2380. The second-order valence-corrected chi connectivity index (χ2v) is 11.5. The van der Waals surface area contributed by atoms with Crippen LogP contribution in [0.1, 0.15) is 0 Å². The molecule has 0 radical (unpaired) electrons. The van der Waals surface area contributed by atoms with Gasteiger partial charge in [-0.2, -0.15) is 0 Å². The first-order valence-electron chi connectivity index (χ1n) is 13.6. The Kier molecular flexibility index (Phi) is 4.55. The van der Waals surface area contributed by atoms with Gasteiger partial charge in [-0.25, -0.2) is 0 Å². The van der Waals surface area contributed by atoms with Crippen molar-refractivity contribution in [3.63, 3.8) is 0 Å². The van der Waals surface area contributed by atoms with Crippen molar-refractivity contribution in [3.8, 4) is 22.3 Å². The van der Waals surface area contributed by atoms with Crippen LogP contribution in [0.15, 0.2) is 138 Å². The molecule has 0 amide bonds. The normalized spacial score (nSPS) is 12.0. The third-order valence-corrected chi connectivity index (χ3v) is 9.51. The largest absolute Gasteiger partial charge is 0.462 e. The molecule has 0 fully saturated rings. The van der Waals surface area contributed by atoms with Gasteiger partial charge in [-0.3, -0.25) is 0 Å². The van der Waals surface area contributed by atoms with E-state index in [1.165, 1.54) is 69.2 Å². The minimum atomic E-state index is 0.973. The van der Waals surface area contributed by atoms with E-state index >= 15 is 0 Å². The predicted molar refractivity (Wildman–Crippen MR) is 172 cm³/mol. The first-order chi connectivity index (χ1) is 19.8. The third-order valence-electron chi connectivity index (χ3n) is 8.33. The van der Waals surface area contributed by atoms with Crippen LogP contribution in [0.2, 0.25) is 0 Å². The molecule has 186 valence electrons. The number of benzene rings is 7. The number of fused-ring (bicyclic) bond motifs is 8. The van der Waals surface area contributed by atoms with Crippen LogP contribution in [0.4, 0.5) is 0 Å². The average molecular weight is 527 g/mol. The fourth-order valence-corrected chi connectivity index (χ4v) is 7.74. The summed E-state index contributed by atoms with van der Waals surface area (Å²) >= 11 is 1.81. The molecule has 0 saturated carbocycles. The Morgan fingerprint density at radius 2 is 1.05 bits per heavy atom. The van der Waals surface area contributed by atoms with E-state index in [-0.39, 0.29) is 0 Å². The number of hydrogen-bond acceptors (Lipinski definition) is 2. The van der Waals surface area contributed by atoms with E-state index in [2.05, 4.69) is 127 Å². The first-order valence-corrected chi connectivity index (χ1v) is 14.4. The van der Waals surface area contributed by atoms with Crippen molar-refractivity contribution in [1.82, 2.24) is 0 Å². The Morgan fingerprint density at radius 3 is 1.80 bits per heavy atom. The van der Waals surface area contributed by atoms with Crippen molar-refractivity contribution in [1.29, 1.82) is 0 Å². The van der Waals surface area contributed by atoms with Crippen LogP contribution in [0, 0.1) is 0 Å². The summed E-state index contributed by atoms with van der Waals surface area (Å²) in [7, 11) is 0. The number of rotatable bonds is 2. The summed E-state index contributed by atoms with van der Waals surface area (Å²) in [6, 6.07) is 46.2. The lowest BCUT2D eigenvalue weighted by Crippen LogP contribution is -1.90. The van der Waals surface area contributed by atoms with Gasteiger partial charge in [-0.05, 0) is 61.6 Å². The zero-order valence-corrected chi connectivity index (χ0v) is 22.3. The van der Waals surface area contributed by atoms with Crippen molar-refractivity contribution < 1.29 is 4.42 Å². The summed E-state index contributed by atoms with van der Waals surface area (Å²) in [5.74, 6) is 0. The molecule has 9 rings (SSSR count). The van der Waals surface area contributed by atoms with Crippen LogP contribution in [-0.4, -0.2) is 0 Å². The van der Waals surface area contributed by atoms with Crippen LogP contribution < -0.4 is 0 Å². The van der Waals surface area contributed by atoms with Crippen LogP contribution in [0.25, 0.3) is 85.7 Å². The van der Waals surface area contributed by atoms with Crippen molar-refractivity contribution in [2.75, 3.05) is 0 Å². The molecule has 1 nitrogen and oxygen atoms in total. The monoisotopic (exact) mass is 526 g/mol. The van der Waals surface area contributed by atoms with E-state index in [0.29, 0.717) is 0 Å². The van der Waals surface area contributed by atoms with Gasteiger partial charge < -0.3 is 4.42 Å². The maximum Gasteiger partial charge on any atom is 0.152 e. The van der Waals surface area contributed by atoms with Gasteiger partial charge in [-0.1, -0.05) is 109 Å². The van der Waals surface area contributed by atoms with Gasteiger partial charge in [0.1, 0.15) is 0 Å². The van der Waals surface area contributed by atoms with Gasteiger partial charge in [0, 0.05) is 32.0 Å². The van der Waals surface area contributed by atoms with Gasteiger partial charge >= 0.3 is 0 Å². The zero-order valence-electron chi connectivity index (χ0n) is 21.5. The van der Waals surface area contributed by atoms with Crippen LogP contribution >= 0.6 is 11.3 Å². The maximum absolute atomic E-state index is 6.42. The summed E-state index contributed by atoms with van der Waals surface area (Å²) in [4.78, 5) is 0. The van der Waals surface area contributed by atoms with E-state index < -0.39 is 0 Å². The van der Waals surface area contributed by atoms with Gasteiger partial charge in [-0.15, -0.1) is 11.3 Å². The summed E-state index contributed by atoms with van der Waals surface area (Å²) in [6.45, 7) is 0. The highest BCUT2D eigenvalue weighted by molar-refractivity contribution is 7.26. The molecule has 2 aromatic heterocycles. The molecule has 9 aromatic rings. The van der Waals surface area contributed by atoms with Crippen molar-refractivity contribution in [2.45, 2.75) is 0 Å². The molecular weight excluding hydrogens is 504 g/mol. The lowest BCUT2D eigenvalue weighted by atomic mass is 9.85. The lowest BCUT2D eigenvalue weighted by molar-refractivity contribution is 0.621. The highest BCUT2D eigenvalue weighted by atomic mass is 32.1. The minimum Gasteiger partial charge on any atom is -0.462 e. The lowest BCUT2D eigenvalue weighted by Gasteiger charge is -2.17. The maximum atomic E-state index is 6.42. The average Bonchev–Trinajstić information content (AvgIpc) is 3.61. The van der Waals surface area contributed by atoms with Crippen molar-refractivity contribution in [2.24, 2.45) is 0 Å². The standard InChI is InChI=1S/C38H22OS/c1-2-10-24-21-25(18-17-23(24)9-1)35-27-12-3-5-14-29(27)36(30-15-6-4-13-28(30)35)33-22-39-37-31(33)19-20-32-26-11-7-8-16-34(26)40-38(32)37/h1-22H. The Hall–Kier alpha value is -4.92. The fraction of sp³-hybridized carbons (Fsp3) is 0. The summed E-state index contributed by atoms with van der Waals surface area (Å²) in [5, 5.41) is 11.2. The van der Waals surface area contributed by atoms with Crippen LogP contribution in [0.5, 0.6) is 0 Å². The number of thiophene rings is 1.